The highest BCUT2D eigenvalue weighted by Gasteiger charge is 2.32. The monoisotopic (exact) mass is 540 g/mol. The number of nitrogens with zero attached hydrogens (tertiary/aromatic N) is 1. The van der Waals surface area contributed by atoms with Gasteiger partial charge in [-0.3, -0.25) is 4.79 Å². The fourth-order valence-electron chi connectivity index (χ4n) is 3.07. The number of halogens is 4. The van der Waals surface area contributed by atoms with E-state index in [2.05, 4.69) is 5.32 Å². The lowest BCUT2D eigenvalue weighted by Gasteiger charge is -2.19. The normalized spacial score (nSPS) is 12.8. The van der Waals surface area contributed by atoms with Gasteiger partial charge in [0.05, 0.1) is 26.7 Å². The number of ether oxygens (including phenoxy) is 1. The third kappa shape index (κ3) is 6.23. The molecule has 0 bridgehead atoms. The van der Waals surface area contributed by atoms with Crippen molar-refractivity contribution in [3.63, 3.8) is 0 Å². The zero-order chi connectivity index (χ0) is 26.7. The second-order valence-electron chi connectivity index (χ2n) is 7.69. The molecule has 0 spiro atoms. The summed E-state index contributed by atoms with van der Waals surface area (Å²) in [6.07, 6.45) is -6.26. The fourth-order valence-corrected chi connectivity index (χ4v) is 4.18. The smallest absolute Gasteiger partial charge is 0.416 e. The predicted octanol–water partition coefficient (Wildman–Crippen LogP) is 5.15. The molecule has 7 nitrogen and oxygen atoms in total. The maximum Gasteiger partial charge on any atom is 0.416 e. The van der Waals surface area contributed by atoms with Gasteiger partial charge in [0.1, 0.15) is 0 Å². The van der Waals surface area contributed by atoms with Crippen LogP contribution >= 0.6 is 11.6 Å². The zero-order valence-electron chi connectivity index (χ0n) is 18.9. The van der Waals surface area contributed by atoms with Crippen molar-refractivity contribution in [2.45, 2.75) is 17.2 Å². The molecule has 190 valence electrons. The molecule has 0 radical (unpaired) electrons. The predicted molar refractivity (Wildman–Crippen MR) is 127 cm³/mol. The molecular weight excluding hydrogens is 521 g/mol. The highest BCUT2D eigenvalue weighted by atomic mass is 35.5. The first kappa shape index (κ1) is 27.2. The lowest BCUT2D eigenvalue weighted by Crippen LogP contribution is -2.26. The fraction of sp³-hybridized carbons (Fsp3) is 0.167. The minimum absolute atomic E-state index is 0.149. The summed E-state index contributed by atoms with van der Waals surface area (Å²) in [6.45, 7) is 0. The molecule has 12 heteroatoms. The number of carbonyl (C=O) groups is 2. The van der Waals surface area contributed by atoms with Crippen molar-refractivity contribution in [2.24, 2.45) is 0 Å². The molecule has 3 rings (SSSR count). The van der Waals surface area contributed by atoms with Crippen molar-refractivity contribution in [3.05, 3.63) is 94.5 Å². The molecule has 0 fully saturated rings. The van der Waals surface area contributed by atoms with Crippen molar-refractivity contribution in [1.82, 2.24) is 4.31 Å². The third-order valence-electron chi connectivity index (χ3n) is 4.97. The Hall–Kier alpha value is -3.41. The number of sulfonamides is 1. The Bertz CT molecular complexity index is 1380. The van der Waals surface area contributed by atoms with Crippen LogP contribution < -0.4 is 5.32 Å². The number of amides is 1. The van der Waals surface area contributed by atoms with Crippen molar-refractivity contribution in [3.8, 4) is 0 Å². The van der Waals surface area contributed by atoms with Crippen LogP contribution in [0.2, 0.25) is 5.02 Å². The highest BCUT2D eigenvalue weighted by molar-refractivity contribution is 7.89. The molecule has 0 aliphatic heterocycles. The molecule has 1 N–H and O–H groups in total. The van der Waals surface area contributed by atoms with E-state index >= 15 is 0 Å². The highest BCUT2D eigenvalue weighted by Crippen LogP contribution is 2.34. The van der Waals surface area contributed by atoms with E-state index < -0.39 is 39.7 Å². The van der Waals surface area contributed by atoms with Crippen molar-refractivity contribution in [1.29, 1.82) is 0 Å². The number of alkyl halides is 3. The van der Waals surface area contributed by atoms with Crippen LogP contribution in [0.15, 0.2) is 77.7 Å². The standard InChI is InChI=1S/C24H20ClF3N2O5S/c1-30(2)36(33,34)18-10-6-9-16(13-18)23(32)35-21(15-7-4-3-5-8-15)22(31)29-20-14-17(24(26,27)28)11-12-19(20)25/h3-14,21H,1-2H3,(H,29,31). The quantitative estimate of drug-likeness (QED) is 0.419. The molecule has 3 aromatic carbocycles. The summed E-state index contributed by atoms with van der Waals surface area (Å²) in [5.74, 6) is -1.99. The summed E-state index contributed by atoms with van der Waals surface area (Å²) in [5, 5.41) is 2.12. The SMILES string of the molecule is CN(C)S(=O)(=O)c1cccc(C(=O)OC(C(=O)Nc2cc(C(F)(F)F)ccc2Cl)c2ccccc2)c1. The molecule has 1 atom stereocenters. The van der Waals surface area contributed by atoms with E-state index in [1.807, 2.05) is 0 Å². The molecule has 0 heterocycles. The Kier molecular flexibility index (Phi) is 8.07. The van der Waals surface area contributed by atoms with Crippen LogP contribution in [0.5, 0.6) is 0 Å². The number of esters is 1. The van der Waals surface area contributed by atoms with Gasteiger partial charge >= 0.3 is 12.1 Å². The number of anilines is 1. The molecule has 0 aliphatic rings. The Labute approximate surface area is 210 Å². The number of rotatable bonds is 7. The molecule has 36 heavy (non-hydrogen) atoms. The third-order valence-corrected chi connectivity index (χ3v) is 7.11. The van der Waals surface area contributed by atoms with E-state index in [0.717, 1.165) is 22.5 Å². The Morgan fingerprint density at radius 3 is 2.25 bits per heavy atom. The summed E-state index contributed by atoms with van der Waals surface area (Å²) >= 11 is 5.98. The van der Waals surface area contributed by atoms with Crippen LogP contribution in [0.3, 0.4) is 0 Å². The van der Waals surface area contributed by atoms with Crippen molar-refractivity contribution < 1.29 is 35.9 Å². The van der Waals surface area contributed by atoms with Gasteiger partial charge in [0.25, 0.3) is 5.91 Å². The molecule has 1 amide bonds. The van der Waals surface area contributed by atoms with Gasteiger partial charge in [-0.1, -0.05) is 48.0 Å². The van der Waals surface area contributed by atoms with E-state index in [0.29, 0.717) is 6.07 Å². The minimum atomic E-state index is -4.67. The van der Waals surface area contributed by atoms with Crippen LogP contribution in [0.4, 0.5) is 18.9 Å². The summed E-state index contributed by atoms with van der Waals surface area (Å²) in [7, 11) is -1.20. The van der Waals surface area contributed by atoms with Crippen molar-refractivity contribution >= 4 is 39.2 Å². The van der Waals surface area contributed by atoms with E-state index in [4.69, 9.17) is 16.3 Å². The van der Waals surface area contributed by atoms with Gasteiger partial charge in [-0.25, -0.2) is 17.5 Å². The molecule has 0 aromatic heterocycles. The Balaban J connectivity index is 1.93. The molecular formula is C24H20ClF3N2O5S. The van der Waals surface area contributed by atoms with Crippen LogP contribution in [0.1, 0.15) is 27.6 Å². The Morgan fingerprint density at radius 1 is 0.972 bits per heavy atom. The number of carbonyl (C=O) groups excluding carboxylic acids is 2. The maximum absolute atomic E-state index is 13.1. The van der Waals surface area contributed by atoms with E-state index in [1.165, 1.54) is 44.4 Å². The average molecular weight is 541 g/mol. The number of nitrogens with one attached hydrogen (secondary N) is 1. The van der Waals surface area contributed by atoms with Gasteiger partial charge in [0.15, 0.2) is 0 Å². The van der Waals surface area contributed by atoms with Gasteiger partial charge in [-0.05, 0) is 36.4 Å². The second kappa shape index (κ2) is 10.7. The minimum Gasteiger partial charge on any atom is -0.444 e. The molecule has 0 saturated carbocycles. The summed E-state index contributed by atoms with van der Waals surface area (Å²) < 4.78 is 70.5. The van der Waals surface area contributed by atoms with Gasteiger partial charge in [-0.15, -0.1) is 0 Å². The van der Waals surface area contributed by atoms with Gasteiger partial charge in [0, 0.05) is 19.7 Å². The number of hydrogen-bond donors (Lipinski definition) is 1. The molecule has 0 saturated heterocycles. The largest absolute Gasteiger partial charge is 0.444 e. The van der Waals surface area contributed by atoms with E-state index in [-0.39, 0.29) is 26.7 Å². The lowest BCUT2D eigenvalue weighted by molar-refractivity contribution is -0.137. The summed E-state index contributed by atoms with van der Waals surface area (Å²) in [5.41, 5.74) is -1.28. The molecule has 1 unspecified atom stereocenters. The van der Waals surface area contributed by atoms with Gasteiger partial charge < -0.3 is 10.1 Å². The van der Waals surface area contributed by atoms with Gasteiger partial charge in [-0.2, -0.15) is 13.2 Å². The number of hydrogen-bond acceptors (Lipinski definition) is 5. The van der Waals surface area contributed by atoms with Gasteiger partial charge in [0.2, 0.25) is 16.1 Å². The first-order valence-corrected chi connectivity index (χ1v) is 12.1. The van der Waals surface area contributed by atoms with Crippen LogP contribution in [0, 0.1) is 0 Å². The summed E-state index contributed by atoms with van der Waals surface area (Å²) in [4.78, 5) is 25.8. The topological polar surface area (TPSA) is 92.8 Å². The first-order chi connectivity index (χ1) is 16.8. The van der Waals surface area contributed by atoms with E-state index in [1.54, 1.807) is 18.2 Å². The average Bonchev–Trinajstić information content (AvgIpc) is 2.83. The second-order valence-corrected chi connectivity index (χ2v) is 10.3. The van der Waals surface area contributed by atoms with Crippen LogP contribution in [-0.2, 0) is 25.7 Å². The first-order valence-electron chi connectivity index (χ1n) is 10.3. The van der Waals surface area contributed by atoms with Crippen LogP contribution in [0.25, 0.3) is 0 Å². The Morgan fingerprint density at radius 2 is 1.64 bits per heavy atom. The lowest BCUT2D eigenvalue weighted by atomic mass is 10.1. The molecule has 3 aromatic rings. The summed E-state index contributed by atoms with van der Waals surface area (Å²) in [6, 6.07) is 15.2. The molecule has 0 aliphatic carbocycles. The number of benzene rings is 3. The van der Waals surface area contributed by atoms with E-state index in [9.17, 15) is 31.2 Å². The maximum atomic E-state index is 13.1. The van der Waals surface area contributed by atoms with Crippen LogP contribution in [-0.4, -0.2) is 38.7 Å². The zero-order valence-corrected chi connectivity index (χ0v) is 20.5. The van der Waals surface area contributed by atoms with Crippen molar-refractivity contribution in [2.75, 3.05) is 19.4 Å².